The summed E-state index contributed by atoms with van der Waals surface area (Å²) < 4.78 is 0. The molecule has 0 radical (unpaired) electrons. The van der Waals surface area contributed by atoms with Crippen LogP contribution < -0.4 is 10.6 Å². The highest BCUT2D eigenvalue weighted by atomic mass is 16.3. The van der Waals surface area contributed by atoms with Gasteiger partial charge in [0.25, 0.3) is 0 Å². The van der Waals surface area contributed by atoms with E-state index in [1.807, 2.05) is 12.1 Å². The molecule has 0 saturated carbocycles. The van der Waals surface area contributed by atoms with Crippen LogP contribution in [0.4, 0.5) is 11.5 Å². The maximum absolute atomic E-state index is 9.15. The van der Waals surface area contributed by atoms with E-state index in [0.29, 0.717) is 11.7 Å². The lowest BCUT2D eigenvalue weighted by Gasteiger charge is -2.33. The molecule has 1 aromatic rings. The van der Waals surface area contributed by atoms with Crippen molar-refractivity contribution >= 4 is 11.5 Å². The van der Waals surface area contributed by atoms with Crippen LogP contribution in [0.25, 0.3) is 0 Å². The molecule has 2 heterocycles. The molecule has 1 saturated heterocycles. The Balaban J connectivity index is 2.13. The summed E-state index contributed by atoms with van der Waals surface area (Å²) in [6.07, 6.45) is 3.92. The molecule has 0 aromatic carbocycles. The van der Waals surface area contributed by atoms with E-state index in [2.05, 4.69) is 9.88 Å². The molecular weight excluding hydrogens is 190 g/mol. The summed E-state index contributed by atoms with van der Waals surface area (Å²) in [5.41, 5.74) is 6.82. The van der Waals surface area contributed by atoms with Crippen molar-refractivity contribution in [2.45, 2.75) is 12.8 Å². The number of aromatic nitrogens is 1. The van der Waals surface area contributed by atoms with Gasteiger partial charge in [0.05, 0.1) is 5.69 Å². The minimum atomic E-state index is 0.261. The summed E-state index contributed by atoms with van der Waals surface area (Å²) >= 11 is 0. The largest absolute Gasteiger partial charge is 0.396 e. The molecule has 1 aliphatic rings. The van der Waals surface area contributed by atoms with Gasteiger partial charge in [0.15, 0.2) is 0 Å². The normalized spacial score (nSPS) is 21.7. The number of aliphatic hydroxyl groups excluding tert-OH is 1. The van der Waals surface area contributed by atoms with Gasteiger partial charge in [-0.1, -0.05) is 0 Å². The predicted octanol–water partition coefficient (Wildman–Crippen LogP) is 0.872. The first-order valence-electron chi connectivity index (χ1n) is 5.37. The maximum Gasteiger partial charge on any atom is 0.146 e. The van der Waals surface area contributed by atoms with E-state index in [-0.39, 0.29) is 6.61 Å². The van der Waals surface area contributed by atoms with Crippen LogP contribution in [0, 0.1) is 5.92 Å². The van der Waals surface area contributed by atoms with E-state index in [1.165, 1.54) is 0 Å². The van der Waals surface area contributed by atoms with Crippen LogP contribution >= 0.6 is 0 Å². The Morgan fingerprint density at radius 2 is 2.47 bits per heavy atom. The van der Waals surface area contributed by atoms with Crippen LogP contribution in [-0.4, -0.2) is 29.8 Å². The molecule has 82 valence electrons. The maximum atomic E-state index is 9.15. The Morgan fingerprint density at radius 1 is 1.60 bits per heavy atom. The molecule has 0 spiro atoms. The van der Waals surface area contributed by atoms with Gasteiger partial charge < -0.3 is 15.7 Å². The van der Waals surface area contributed by atoms with E-state index >= 15 is 0 Å². The lowest BCUT2D eigenvalue weighted by Crippen LogP contribution is -2.37. The minimum Gasteiger partial charge on any atom is -0.396 e. The molecule has 1 aromatic heterocycles. The van der Waals surface area contributed by atoms with Crippen molar-refractivity contribution in [3.05, 3.63) is 18.3 Å². The molecule has 1 unspecified atom stereocenters. The van der Waals surface area contributed by atoms with Crippen LogP contribution in [0.1, 0.15) is 12.8 Å². The smallest absolute Gasteiger partial charge is 0.146 e. The average molecular weight is 207 g/mol. The van der Waals surface area contributed by atoms with Crippen molar-refractivity contribution in [3.63, 3.8) is 0 Å². The van der Waals surface area contributed by atoms with Gasteiger partial charge in [0.1, 0.15) is 5.82 Å². The van der Waals surface area contributed by atoms with E-state index in [4.69, 9.17) is 10.8 Å². The van der Waals surface area contributed by atoms with Gasteiger partial charge in [0, 0.05) is 25.9 Å². The second-order valence-electron chi connectivity index (χ2n) is 4.04. The summed E-state index contributed by atoms with van der Waals surface area (Å²) in [5, 5.41) is 9.15. The quantitative estimate of drug-likeness (QED) is 0.755. The third-order valence-corrected chi connectivity index (χ3v) is 2.93. The Labute approximate surface area is 89.7 Å². The number of aliphatic hydroxyl groups is 1. The molecule has 1 atom stereocenters. The molecule has 2 rings (SSSR count). The number of pyridine rings is 1. The van der Waals surface area contributed by atoms with E-state index in [0.717, 1.165) is 31.6 Å². The van der Waals surface area contributed by atoms with Crippen molar-refractivity contribution in [1.29, 1.82) is 0 Å². The minimum absolute atomic E-state index is 0.261. The SMILES string of the molecule is Nc1ncccc1N1CCCC(CO)C1. The Morgan fingerprint density at radius 3 is 3.20 bits per heavy atom. The number of hydrogen-bond acceptors (Lipinski definition) is 4. The molecular formula is C11H17N3O. The number of nitrogens with zero attached hydrogens (tertiary/aromatic N) is 2. The van der Waals surface area contributed by atoms with Gasteiger partial charge in [-0.05, 0) is 30.9 Å². The molecule has 1 fully saturated rings. The Bertz CT molecular complexity index is 329. The summed E-state index contributed by atoms with van der Waals surface area (Å²) in [6.45, 7) is 2.15. The number of rotatable bonds is 2. The number of anilines is 2. The van der Waals surface area contributed by atoms with Gasteiger partial charge in [-0.25, -0.2) is 4.98 Å². The molecule has 15 heavy (non-hydrogen) atoms. The predicted molar refractivity (Wildman–Crippen MR) is 60.7 cm³/mol. The van der Waals surface area contributed by atoms with Crippen molar-refractivity contribution in [3.8, 4) is 0 Å². The summed E-state index contributed by atoms with van der Waals surface area (Å²) in [6, 6.07) is 3.89. The van der Waals surface area contributed by atoms with Crippen molar-refractivity contribution in [1.82, 2.24) is 4.98 Å². The standard InChI is InChI=1S/C11H17N3O/c12-11-10(4-1-5-13-11)14-6-2-3-9(7-14)8-15/h1,4-5,9,15H,2-3,6-8H2,(H2,12,13). The molecule has 0 bridgehead atoms. The Hall–Kier alpha value is -1.29. The summed E-state index contributed by atoms with van der Waals surface area (Å²) in [4.78, 5) is 6.29. The third kappa shape index (κ3) is 2.21. The van der Waals surface area contributed by atoms with Gasteiger partial charge in [-0.2, -0.15) is 0 Å². The second-order valence-corrected chi connectivity index (χ2v) is 4.04. The zero-order valence-electron chi connectivity index (χ0n) is 8.76. The van der Waals surface area contributed by atoms with Crippen molar-refractivity contribution < 1.29 is 5.11 Å². The van der Waals surface area contributed by atoms with Gasteiger partial charge in [-0.3, -0.25) is 0 Å². The monoisotopic (exact) mass is 207 g/mol. The van der Waals surface area contributed by atoms with E-state index in [1.54, 1.807) is 6.20 Å². The number of nitrogens with two attached hydrogens (primary N) is 1. The highest BCUT2D eigenvalue weighted by Crippen LogP contribution is 2.25. The molecule has 3 N–H and O–H groups in total. The van der Waals surface area contributed by atoms with Gasteiger partial charge in [0.2, 0.25) is 0 Å². The molecule has 0 amide bonds. The molecule has 4 heteroatoms. The highest BCUT2D eigenvalue weighted by molar-refractivity contribution is 5.63. The zero-order chi connectivity index (χ0) is 10.7. The van der Waals surface area contributed by atoms with Crippen LogP contribution in [-0.2, 0) is 0 Å². The fourth-order valence-electron chi connectivity index (χ4n) is 2.11. The number of hydrogen-bond donors (Lipinski definition) is 2. The Kier molecular flexibility index (Phi) is 3.06. The fraction of sp³-hybridized carbons (Fsp3) is 0.545. The average Bonchev–Trinajstić information content (AvgIpc) is 2.30. The first-order valence-corrected chi connectivity index (χ1v) is 5.37. The van der Waals surface area contributed by atoms with E-state index < -0.39 is 0 Å². The third-order valence-electron chi connectivity index (χ3n) is 2.93. The molecule has 0 aliphatic carbocycles. The van der Waals surface area contributed by atoms with Crippen LogP contribution in [0.2, 0.25) is 0 Å². The number of piperidine rings is 1. The number of nitrogen functional groups attached to an aromatic ring is 1. The first kappa shape index (κ1) is 10.2. The molecule has 4 nitrogen and oxygen atoms in total. The van der Waals surface area contributed by atoms with Gasteiger partial charge in [-0.15, -0.1) is 0 Å². The van der Waals surface area contributed by atoms with Crippen molar-refractivity contribution in [2.75, 3.05) is 30.3 Å². The summed E-state index contributed by atoms with van der Waals surface area (Å²) in [7, 11) is 0. The fourth-order valence-corrected chi connectivity index (χ4v) is 2.11. The van der Waals surface area contributed by atoms with Crippen LogP contribution in [0.3, 0.4) is 0 Å². The van der Waals surface area contributed by atoms with Gasteiger partial charge >= 0.3 is 0 Å². The first-order chi connectivity index (χ1) is 7.31. The lowest BCUT2D eigenvalue weighted by molar-refractivity contribution is 0.209. The van der Waals surface area contributed by atoms with Crippen LogP contribution in [0.5, 0.6) is 0 Å². The van der Waals surface area contributed by atoms with E-state index in [9.17, 15) is 0 Å². The van der Waals surface area contributed by atoms with Crippen LogP contribution in [0.15, 0.2) is 18.3 Å². The highest BCUT2D eigenvalue weighted by Gasteiger charge is 2.20. The molecule has 1 aliphatic heterocycles. The second kappa shape index (κ2) is 4.49. The van der Waals surface area contributed by atoms with Crippen molar-refractivity contribution in [2.24, 2.45) is 5.92 Å². The lowest BCUT2D eigenvalue weighted by atomic mass is 9.98. The topological polar surface area (TPSA) is 62.4 Å². The zero-order valence-corrected chi connectivity index (χ0v) is 8.76. The summed E-state index contributed by atoms with van der Waals surface area (Å²) in [5.74, 6) is 0.953.